The van der Waals surface area contributed by atoms with E-state index in [4.69, 9.17) is 17.0 Å². The third kappa shape index (κ3) is 3.83. The van der Waals surface area contributed by atoms with Gasteiger partial charge in [-0.3, -0.25) is 4.79 Å². The van der Waals surface area contributed by atoms with Crippen LogP contribution in [0, 0.1) is 0 Å². The normalized spacial score (nSPS) is 16.8. The van der Waals surface area contributed by atoms with Gasteiger partial charge in [0.15, 0.2) is 5.11 Å². The Labute approximate surface area is 146 Å². The lowest BCUT2D eigenvalue weighted by atomic mass is 10.2. The van der Waals surface area contributed by atoms with E-state index in [1.54, 1.807) is 11.9 Å². The van der Waals surface area contributed by atoms with Crippen molar-refractivity contribution in [1.29, 1.82) is 0 Å². The topological polar surface area (TPSA) is 53.6 Å². The number of para-hydroxylation sites is 1. The average molecular weight is 341 g/mol. The molecule has 1 fully saturated rings. The van der Waals surface area contributed by atoms with Crippen molar-refractivity contribution in [3.05, 3.63) is 54.6 Å². The first-order chi connectivity index (χ1) is 11.7. The molecule has 24 heavy (non-hydrogen) atoms. The predicted octanol–water partition coefficient (Wildman–Crippen LogP) is 2.68. The third-order valence-electron chi connectivity index (χ3n) is 3.81. The maximum absolute atomic E-state index is 12.2. The van der Waals surface area contributed by atoms with Crippen LogP contribution in [-0.2, 0) is 4.79 Å². The van der Waals surface area contributed by atoms with Crippen LogP contribution >= 0.6 is 12.2 Å². The van der Waals surface area contributed by atoms with Gasteiger partial charge >= 0.3 is 0 Å². The number of thiocarbonyl (C=S) groups is 1. The molecule has 3 rings (SSSR count). The number of rotatable bonds is 4. The van der Waals surface area contributed by atoms with E-state index >= 15 is 0 Å². The summed E-state index contributed by atoms with van der Waals surface area (Å²) >= 11 is 5.10. The van der Waals surface area contributed by atoms with Gasteiger partial charge in [0, 0.05) is 25.7 Å². The van der Waals surface area contributed by atoms with Crippen molar-refractivity contribution in [3.63, 3.8) is 0 Å². The van der Waals surface area contributed by atoms with E-state index in [9.17, 15) is 4.79 Å². The number of carbonyl (C=O) groups is 1. The Morgan fingerprint density at radius 1 is 1.12 bits per heavy atom. The number of nitrogens with one attached hydrogen (secondary N) is 2. The highest BCUT2D eigenvalue weighted by atomic mass is 32.1. The molecule has 1 aliphatic heterocycles. The molecule has 1 aliphatic rings. The van der Waals surface area contributed by atoms with E-state index in [2.05, 4.69) is 10.6 Å². The molecule has 0 aromatic heterocycles. The number of benzene rings is 2. The summed E-state index contributed by atoms with van der Waals surface area (Å²) in [4.78, 5) is 14.0. The molecule has 1 atom stereocenters. The Hall–Kier alpha value is -2.60. The van der Waals surface area contributed by atoms with Crippen molar-refractivity contribution in [2.45, 2.75) is 12.5 Å². The second kappa shape index (κ2) is 7.31. The maximum Gasteiger partial charge on any atom is 0.229 e. The summed E-state index contributed by atoms with van der Waals surface area (Å²) in [5, 5.41) is 6.56. The molecule has 0 bridgehead atoms. The Balaban J connectivity index is 1.65. The first kappa shape index (κ1) is 16.3. The number of nitrogens with zero attached hydrogens (tertiary/aromatic N) is 1. The standard InChI is InChI=1S/C18H19N3O2S/c1-19-18(24)20-13-11-17(22)21(12-13)14-7-9-16(10-8-14)23-15-5-3-2-4-6-15/h2-10,13H,11-12H2,1H3,(H2,19,20,24)/t13-/m1/s1. The minimum absolute atomic E-state index is 0.0256. The van der Waals surface area contributed by atoms with Gasteiger partial charge in [0.05, 0.1) is 6.04 Å². The monoisotopic (exact) mass is 341 g/mol. The van der Waals surface area contributed by atoms with E-state index in [1.165, 1.54) is 0 Å². The van der Waals surface area contributed by atoms with E-state index in [1.807, 2.05) is 54.6 Å². The largest absolute Gasteiger partial charge is 0.457 e. The molecule has 0 saturated carbocycles. The van der Waals surface area contributed by atoms with Gasteiger partial charge in [0.1, 0.15) is 11.5 Å². The van der Waals surface area contributed by atoms with Crippen molar-refractivity contribution in [3.8, 4) is 11.5 Å². The highest BCUT2D eigenvalue weighted by Gasteiger charge is 2.30. The Bertz CT molecular complexity index is 719. The zero-order valence-electron chi connectivity index (χ0n) is 13.4. The molecule has 0 unspecified atom stereocenters. The van der Waals surface area contributed by atoms with Crippen LogP contribution in [0.25, 0.3) is 0 Å². The van der Waals surface area contributed by atoms with Crippen LogP contribution in [0.1, 0.15) is 6.42 Å². The number of carbonyl (C=O) groups excluding carboxylic acids is 1. The van der Waals surface area contributed by atoms with Crippen LogP contribution in [0.5, 0.6) is 11.5 Å². The second-order valence-corrected chi connectivity index (χ2v) is 5.95. The van der Waals surface area contributed by atoms with E-state index in [-0.39, 0.29) is 11.9 Å². The fourth-order valence-electron chi connectivity index (χ4n) is 2.63. The number of hydrogen-bond donors (Lipinski definition) is 2. The number of ether oxygens (including phenoxy) is 1. The van der Waals surface area contributed by atoms with Crippen molar-refractivity contribution < 1.29 is 9.53 Å². The molecule has 124 valence electrons. The molecule has 0 spiro atoms. The molecule has 2 aromatic carbocycles. The lowest BCUT2D eigenvalue weighted by Gasteiger charge is -2.18. The number of hydrogen-bond acceptors (Lipinski definition) is 3. The van der Waals surface area contributed by atoms with Gasteiger partial charge in [0.2, 0.25) is 5.91 Å². The van der Waals surface area contributed by atoms with Crippen molar-refractivity contribution in [2.75, 3.05) is 18.5 Å². The zero-order chi connectivity index (χ0) is 16.9. The summed E-state index contributed by atoms with van der Waals surface area (Å²) in [5.74, 6) is 1.61. The van der Waals surface area contributed by atoms with Crippen LogP contribution in [-0.4, -0.2) is 30.7 Å². The molecular weight excluding hydrogens is 322 g/mol. The minimum atomic E-state index is 0.0256. The zero-order valence-corrected chi connectivity index (χ0v) is 14.2. The van der Waals surface area contributed by atoms with Gasteiger partial charge in [-0.2, -0.15) is 0 Å². The molecule has 5 nitrogen and oxygen atoms in total. The summed E-state index contributed by atoms with van der Waals surface area (Å²) in [6.45, 7) is 0.597. The Morgan fingerprint density at radius 3 is 2.46 bits per heavy atom. The van der Waals surface area contributed by atoms with Crippen LogP contribution in [0.3, 0.4) is 0 Å². The van der Waals surface area contributed by atoms with Gasteiger partial charge < -0.3 is 20.3 Å². The van der Waals surface area contributed by atoms with Crippen molar-refractivity contribution in [1.82, 2.24) is 10.6 Å². The van der Waals surface area contributed by atoms with Crippen molar-refractivity contribution >= 4 is 28.9 Å². The van der Waals surface area contributed by atoms with E-state index < -0.39 is 0 Å². The van der Waals surface area contributed by atoms with Gasteiger partial charge in [-0.15, -0.1) is 0 Å². The van der Waals surface area contributed by atoms with E-state index in [0.717, 1.165) is 17.2 Å². The molecule has 6 heteroatoms. The Morgan fingerprint density at radius 2 is 1.79 bits per heavy atom. The SMILES string of the molecule is CNC(=S)N[C@@H]1CC(=O)N(c2ccc(Oc3ccccc3)cc2)C1. The van der Waals surface area contributed by atoms with Gasteiger partial charge in [-0.1, -0.05) is 18.2 Å². The fourth-order valence-corrected chi connectivity index (χ4v) is 2.80. The predicted molar refractivity (Wildman–Crippen MR) is 98.5 cm³/mol. The number of anilines is 1. The van der Waals surface area contributed by atoms with Crippen LogP contribution in [0.4, 0.5) is 5.69 Å². The molecule has 0 radical (unpaired) electrons. The summed E-state index contributed by atoms with van der Waals surface area (Å²) in [7, 11) is 1.76. The fraction of sp³-hybridized carbons (Fsp3) is 0.222. The first-order valence-electron chi connectivity index (χ1n) is 7.77. The summed E-state index contributed by atoms with van der Waals surface area (Å²) < 4.78 is 5.77. The van der Waals surface area contributed by atoms with Gasteiger partial charge in [-0.05, 0) is 48.6 Å². The minimum Gasteiger partial charge on any atom is -0.457 e. The molecule has 1 heterocycles. The first-order valence-corrected chi connectivity index (χ1v) is 8.18. The molecule has 2 N–H and O–H groups in total. The summed E-state index contributed by atoms with van der Waals surface area (Å²) in [6, 6.07) is 17.2. The quantitative estimate of drug-likeness (QED) is 0.838. The van der Waals surface area contributed by atoms with Gasteiger partial charge in [0.25, 0.3) is 0 Å². The van der Waals surface area contributed by atoms with Crippen molar-refractivity contribution in [2.24, 2.45) is 0 Å². The molecule has 0 aliphatic carbocycles. The summed E-state index contributed by atoms with van der Waals surface area (Å²) in [6.07, 6.45) is 0.435. The lowest BCUT2D eigenvalue weighted by molar-refractivity contribution is -0.117. The van der Waals surface area contributed by atoms with Crippen LogP contribution < -0.4 is 20.3 Å². The van der Waals surface area contributed by atoms with Crippen LogP contribution in [0.2, 0.25) is 0 Å². The second-order valence-electron chi connectivity index (χ2n) is 5.54. The highest BCUT2D eigenvalue weighted by molar-refractivity contribution is 7.80. The third-order valence-corrected chi connectivity index (χ3v) is 4.14. The maximum atomic E-state index is 12.2. The molecule has 1 saturated heterocycles. The molecular formula is C18H19N3O2S. The highest BCUT2D eigenvalue weighted by Crippen LogP contribution is 2.26. The van der Waals surface area contributed by atoms with Gasteiger partial charge in [-0.25, -0.2) is 0 Å². The number of amides is 1. The smallest absolute Gasteiger partial charge is 0.229 e. The molecule has 2 aromatic rings. The van der Waals surface area contributed by atoms with E-state index in [0.29, 0.717) is 18.1 Å². The summed E-state index contributed by atoms with van der Waals surface area (Å²) in [5.41, 5.74) is 0.861. The lowest BCUT2D eigenvalue weighted by Crippen LogP contribution is -2.41. The molecule has 1 amide bonds. The average Bonchev–Trinajstić information content (AvgIpc) is 2.96. The van der Waals surface area contributed by atoms with Crippen LogP contribution in [0.15, 0.2) is 54.6 Å². The Kier molecular flexibility index (Phi) is 4.96.